The van der Waals surface area contributed by atoms with Crippen molar-refractivity contribution in [3.63, 3.8) is 0 Å². The molecule has 0 bridgehead atoms. The molecule has 0 radical (unpaired) electrons. The lowest BCUT2D eigenvalue weighted by Gasteiger charge is -2.02. The molecule has 0 spiro atoms. The summed E-state index contributed by atoms with van der Waals surface area (Å²) in [6.45, 7) is 0. The molecule has 0 saturated heterocycles. The Morgan fingerprint density at radius 1 is 0.864 bits per heavy atom. The van der Waals surface area contributed by atoms with Gasteiger partial charge in [-0.15, -0.1) is 0 Å². The lowest BCUT2D eigenvalue weighted by atomic mass is 10.1. The van der Waals surface area contributed by atoms with Crippen molar-refractivity contribution in [2.45, 2.75) is 0 Å². The van der Waals surface area contributed by atoms with Crippen LogP contribution < -0.4 is 0 Å². The van der Waals surface area contributed by atoms with E-state index in [-0.39, 0.29) is 11.4 Å². The highest BCUT2D eigenvalue weighted by atomic mass is 16.5. The Balaban J connectivity index is 2.26. The topological polar surface area (TPSA) is 43.4 Å². The monoisotopic (exact) mass is 292 g/mol. The SMILES string of the molecule is COC(=O)C(=Cc1ccccc1)C(=O)C=Cc1ccccc1. The normalized spacial score (nSPS) is 11.4. The molecule has 0 heterocycles. The van der Waals surface area contributed by atoms with E-state index in [4.69, 9.17) is 4.74 Å². The van der Waals surface area contributed by atoms with Gasteiger partial charge in [-0.3, -0.25) is 4.79 Å². The average molecular weight is 292 g/mol. The molecule has 2 aromatic rings. The van der Waals surface area contributed by atoms with E-state index < -0.39 is 5.97 Å². The maximum atomic E-state index is 12.3. The predicted molar refractivity (Wildman–Crippen MR) is 86.9 cm³/mol. The van der Waals surface area contributed by atoms with Crippen molar-refractivity contribution in [2.75, 3.05) is 7.11 Å². The summed E-state index contributed by atoms with van der Waals surface area (Å²) in [6.07, 6.45) is 4.58. The maximum Gasteiger partial charge on any atom is 0.341 e. The number of ether oxygens (including phenoxy) is 1. The Kier molecular flexibility index (Phi) is 5.44. The predicted octanol–water partition coefficient (Wildman–Crippen LogP) is 3.53. The molecule has 0 fully saturated rings. The van der Waals surface area contributed by atoms with Crippen LogP contribution in [0.4, 0.5) is 0 Å². The largest absolute Gasteiger partial charge is 0.465 e. The Hall–Kier alpha value is -2.94. The first-order valence-corrected chi connectivity index (χ1v) is 6.83. The number of allylic oxidation sites excluding steroid dienone is 1. The van der Waals surface area contributed by atoms with Crippen molar-refractivity contribution < 1.29 is 14.3 Å². The smallest absolute Gasteiger partial charge is 0.341 e. The van der Waals surface area contributed by atoms with Gasteiger partial charge in [-0.1, -0.05) is 66.7 Å². The van der Waals surface area contributed by atoms with Gasteiger partial charge < -0.3 is 4.74 Å². The van der Waals surface area contributed by atoms with E-state index in [0.717, 1.165) is 11.1 Å². The molecule has 0 aliphatic heterocycles. The third-order valence-electron chi connectivity index (χ3n) is 3.01. The maximum absolute atomic E-state index is 12.3. The van der Waals surface area contributed by atoms with Crippen LogP contribution in [0.1, 0.15) is 11.1 Å². The summed E-state index contributed by atoms with van der Waals surface area (Å²) < 4.78 is 4.70. The summed E-state index contributed by atoms with van der Waals surface area (Å²) in [5.41, 5.74) is 1.66. The fourth-order valence-corrected chi connectivity index (χ4v) is 1.88. The van der Waals surface area contributed by atoms with Crippen LogP contribution in [0.2, 0.25) is 0 Å². The number of methoxy groups -OCH3 is 1. The van der Waals surface area contributed by atoms with Gasteiger partial charge >= 0.3 is 5.97 Å². The average Bonchev–Trinajstić information content (AvgIpc) is 2.58. The zero-order valence-corrected chi connectivity index (χ0v) is 12.2. The van der Waals surface area contributed by atoms with Crippen LogP contribution in [0.3, 0.4) is 0 Å². The number of rotatable bonds is 5. The van der Waals surface area contributed by atoms with Gasteiger partial charge in [-0.25, -0.2) is 4.79 Å². The minimum absolute atomic E-state index is 0.000816. The van der Waals surface area contributed by atoms with Gasteiger partial charge in [0.1, 0.15) is 5.57 Å². The Bertz CT molecular complexity index is 698. The van der Waals surface area contributed by atoms with Crippen molar-refractivity contribution in [2.24, 2.45) is 0 Å². The number of benzene rings is 2. The molecule has 0 aliphatic carbocycles. The highest BCUT2D eigenvalue weighted by Gasteiger charge is 2.16. The van der Waals surface area contributed by atoms with Crippen LogP contribution >= 0.6 is 0 Å². The van der Waals surface area contributed by atoms with Crippen LogP contribution in [0, 0.1) is 0 Å². The molecule has 2 aromatic carbocycles. The van der Waals surface area contributed by atoms with E-state index >= 15 is 0 Å². The highest BCUT2D eigenvalue weighted by Crippen LogP contribution is 2.11. The van der Waals surface area contributed by atoms with E-state index in [9.17, 15) is 9.59 Å². The first-order chi connectivity index (χ1) is 10.7. The summed E-state index contributed by atoms with van der Waals surface area (Å²) in [7, 11) is 1.26. The molecule has 3 nitrogen and oxygen atoms in total. The third kappa shape index (κ3) is 4.28. The molecule has 0 unspecified atom stereocenters. The second-order valence-corrected chi connectivity index (χ2v) is 4.57. The van der Waals surface area contributed by atoms with E-state index in [1.54, 1.807) is 6.08 Å². The summed E-state index contributed by atoms with van der Waals surface area (Å²) in [4.78, 5) is 24.1. The van der Waals surface area contributed by atoms with Gasteiger partial charge in [0, 0.05) is 0 Å². The molecular weight excluding hydrogens is 276 g/mol. The van der Waals surface area contributed by atoms with Gasteiger partial charge in [0.25, 0.3) is 0 Å². The molecule has 0 aromatic heterocycles. The second-order valence-electron chi connectivity index (χ2n) is 4.57. The van der Waals surface area contributed by atoms with Crippen molar-refractivity contribution in [3.8, 4) is 0 Å². The van der Waals surface area contributed by atoms with Gasteiger partial charge in [-0.2, -0.15) is 0 Å². The summed E-state index contributed by atoms with van der Waals surface area (Å²) in [5.74, 6) is -1.04. The Morgan fingerprint density at radius 2 is 1.41 bits per heavy atom. The van der Waals surface area contributed by atoms with Crippen LogP contribution in [0.15, 0.2) is 72.3 Å². The lowest BCUT2D eigenvalue weighted by Crippen LogP contribution is -2.12. The number of esters is 1. The van der Waals surface area contributed by atoms with Gasteiger partial charge in [0.2, 0.25) is 0 Å². The van der Waals surface area contributed by atoms with Gasteiger partial charge in [-0.05, 0) is 23.3 Å². The van der Waals surface area contributed by atoms with Crippen molar-refractivity contribution >= 4 is 23.9 Å². The Morgan fingerprint density at radius 3 is 1.95 bits per heavy atom. The molecule has 22 heavy (non-hydrogen) atoms. The number of hydrogen-bond acceptors (Lipinski definition) is 3. The minimum Gasteiger partial charge on any atom is -0.465 e. The lowest BCUT2D eigenvalue weighted by molar-refractivity contribution is -0.137. The fraction of sp³-hybridized carbons (Fsp3) is 0.0526. The number of ketones is 1. The van der Waals surface area contributed by atoms with Crippen LogP contribution in [-0.4, -0.2) is 18.9 Å². The number of carbonyl (C=O) groups is 2. The zero-order valence-electron chi connectivity index (χ0n) is 12.2. The number of carbonyl (C=O) groups excluding carboxylic acids is 2. The minimum atomic E-state index is -0.647. The van der Waals surface area contributed by atoms with Crippen LogP contribution in [0.5, 0.6) is 0 Å². The molecule has 0 N–H and O–H groups in total. The highest BCUT2D eigenvalue weighted by molar-refractivity contribution is 6.25. The van der Waals surface area contributed by atoms with Crippen molar-refractivity contribution in [1.29, 1.82) is 0 Å². The molecule has 3 heteroatoms. The van der Waals surface area contributed by atoms with E-state index in [1.165, 1.54) is 19.3 Å². The van der Waals surface area contributed by atoms with E-state index in [0.29, 0.717) is 0 Å². The van der Waals surface area contributed by atoms with E-state index in [1.807, 2.05) is 60.7 Å². The molecule has 0 saturated carbocycles. The summed E-state index contributed by atoms with van der Waals surface area (Å²) >= 11 is 0. The second kappa shape index (κ2) is 7.74. The van der Waals surface area contributed by atoms with E-state index in [2.05, 4.69) is 0 Å². The van der Waals surface area contributed by atoms with Crippen molar-refractivity contribution in [1.82, 2.24) is 0 Å². The summed E-state index contributed by atoms with van der Waals surface area (Å²) in [5, 5.41) is 0. The quantitative estimate of drug-likeness (QED) is 0.366. The number of hydrogen-bond donors (Lipinski definition) is 0. The molecule has 0 atom stereocenters. The van der Waals surface area contributed by atoms with Gasteiger partial charge in [0.05, 0.1) is 7.11 Å². The molecule has 0 amide bonds. The Labute approximate surface area is 129 Å². The first-order valence-electron chi connectivity index (χ1n) is 6.83. The fourth-order valence-electron chi connectivity index (χ4n) is 1.88. The third-order valence-corrected chi connectivity index (χ3v) is 3.01. The molecule has 0 aliphatic rings. The van der Waals surface area contributed by atoms with Gasteiger partial charge in [0.15, 0.2) is 5.78 Å². The molecular formula is C19H16O3. The summed E-state index contributed by atoms with van der Waals surface area (Å²) in [6, 6.07) is 18.6. The molecule has 110 valence electrons. The zero-order chi connectivity index (χ0) is 15.8. The van der Waals surface area contributed by atoms with Crippen molar-refractivity contribution in [3.05, 3.63) is 83.4 Å². The molecule has 2 rings (SSSR count). The van der Waals surface area contributed by atoms with Crippen LogP contribution in [-0.2, 0) is 14.3 Å². The first kappa shape index (κ1) is 15.4. The van der Waals surface area contributed by atoms with Crippen LogP contribution in [0.25, 0.3) is 12.2 Å². The standard InChI is InChI=1S/C19H16O3/c1-22-19(21)17(14-16-10-6-3-7-11-16)18(20)13-12-15-8-4-2-5-9-15/h2-14H,1H3.